The number of nitrogens with zero attached hydrogens (tertiary/aromatic N) is 2. The molecule has 0 bridgehead atoms. The van der Waals surface area contributed by atoms with Crippen molar-refractivity contribution in [3.63, 3.8) is 0 Å². The molecular weight excluding hydrogens is 428 g/mol. The Morgan fingerprint density at radius 2 is 1.88 bits per heavy atom. The summed E-state index contributed by atoms with van der Waals surface area (Å²) in [6.45, 7) is -1.44. The molecule has 1 heterocycles. The molecule has 0 radical (unpaired) electrons. The average Bonchev–Trinajstić information content (AvgIpc) is 3.54. The van der Waals surface area contributed by atoms with Crippen molar-refractivity contribution in [1.29, 1.82) is 0 Å². The van der Waals surface area contributed by atoms with Crippen molar-refractivity contribution in [2.45, 2.75) is 38.7 Å². The van der Waals surface area contributed by atoms with E-state index >= 15 is 0 Å². The maximum Gasteiger partial charge on any atom is 0.387 e. The number of anilines is 1. The molecule has 1 aliphatic carbocycles. The fourth-order valence-electron chi connectivity index (χ4n) is 3.76. The van der Waals surface area contributed by atoms with Gasteiger partial charge in [0.2, 0.25) is 0 Å². The Balaban J connectivity index is 1.47. The molecule has 2 aromatic carbocycles. The molecule has 1 aliphatic heterocycles. The van der Waals surface area contributed by atoms with Crippen molar-refractivity contribution in [2.24, 2.45) is 16.9 Å². The summed E-state index contributed by atoms with van der Waals surface area (Å²) in [5.41, 5.74) is 0.839. The minimum atomic E-state index is -2.97. The monoisotopic (exact) mass is 448 g/mol. The van der Waals surface area contributed by atoms with Gasteiger partial charge in [-0.15, -0.1) is 0 Å². The second-order valence-corrected chi connectivity index (χ2v) is 7.94. The van der Waals surface area contributed by atoms with Gasteiger partial charge in [-0.05, 0) is 55.7 Å². The summed E-state index contributed by atoms with van der Waals surface area (Å²) in [5, 5.41) is 5.16. The smallest absolute Gasteiger partial charge is 0.387 e. The Kier molecular flexibility index (Phi) is 5.75. The van der Waals surface area contributed by atoms with Crippen LogP contribution in [-0.4, -0.2) is 24.0 Å². The first-order valence-corrected chi connectivity index (χ1v) is 10.1. The third kappa shape index (κ3) is 4.37. The van der Waals surface area contributed by atoms with Crippen LogP contribution in [-0.2, 0) is 21.9 Å². The summed E-state index contributed by atoms with van der Waals surface area (Å²) in [7, 11) is 0. The van der Waals surface area contributed by atoms with E-state index in [1.54, 1.807) is 6.07 Å². The van der Waals surface area contributed by atoms with Crippen LogP contribution in [0.25, 0.3) is 0 Å². The molecule has 0 N–H and O–H groups in total. The molecule has 1 fully saturated rings. The number of rotatable bonds is 8. The second-order valence-electron chi connectivity index (χ2n) is 7.94. The van der Waals surface area contributed by atoms with Crippen molar-refractivity contribution >= 4 is 23.1 Å². The van der Waals surface area contributed by atoms with Gasteiger partial charge in [0.25, 0.3) is 11.8 Å². The zero-order valence-electron chi connectivity index (χ0n) is 17.1. The molecular formula is C23H20F4N2O3. The van der Waals surface area contributed by atoms with Gasteiger partial charge in [0.05, 0.1) is 11.4 Å². The molecule has 5 nitrogen and oxygen atoms in total. The highest BCUT2D eigenvalue weighted by Crippen LogP contribution is 2.49. The van der Waals surface area contributed by atoms with E-state index in [4.69, 9.17) is 0 Å². The highest BCUT2D eigenvalue weighted by atomic mass is 19.3. The van der Waals surface area contributed by atoms with Crippen molar-refractivity contribution < 1.29 is 31.9 Å². The van der Waals surface area contributed by atoms with Crippen LogP contribution in [0.5, 0.6) is 5.75 Å². The fraction of sp³-hybridized carbons (Fsp3) is 0.348. The van der Waals surface area contributed by atoms with Crippen molar-refractivity contribution in [3.8, 4) is 5.75 Å². The molecule has 2 aromatic rings. The van der Waals surface area contributed by atoms with Gasteiger partial charge in [-0.3, -0.25) is 9.59 Å². The summed E-state index contributed by atoms with van der Waals surface area (Å²) in [6, 6.07) is 11.0. The van der Waals surface area contributed by atoms with Gasteiger partial charge in [-0.25, -0.2) is 8.78 Å². The lowest BCUT2D eigenvalue weighted by molar-refractivity contribution is -0.128. The largest absolute Gasteiger partial charge is 0.435 e. The van der Waals surface area contributed by atoms with E-state index in [0.717, 1.165) is 5.01 Å². The van der Waals surface area contributed by atoms with Gasteiger partial charge in [-0.2, -0.15) is 18.9 Å². The molecule has 168 valence electrons. The van der Waals surface area contributed by atoms with Gasteiger partial charge in [-0.1, -0.05) is 18.2 Å². The predicted molar refractivity (Wildman–Crippen MR) is 109 cm³/mol. The van der Waals surface area contributed by atoms with Crippen LogP contribution in [0, 0.1) is 11.8 Å². The third-order valence-corrected chi connectivity index (χ3v) is 5.54. The van der Waals surface area contributed by atoms with Crippen molar-refractivity contribution in [2.75, 3.05) is 5.01 Å². The van der Waals surface area contributed by atoms with E-state index in [1.807, 2.05) is 0 Å². The maximum atomic E-state index is 14.4. The van der Waals surface area contributed by atoms with E-state index in [0.29, 0.717) is 18.4 Å². The molecule has 1 unspecified atom stereocenters. The van der Waals surface area contributed by atoms with Crippen molar-refractivity contribution in [1.82, 2.24) is 0 Å². The van der Waals surface area contributed by atoms with Gasteiger partial charge >= 0.3 is 6.61 Å². The quantitative estimate of drug-likeness (QED) is 0.425. The van der Waals surface area contributed by atoms with Crippen LogP contribution in [0.2, 0.25) is 0 Å². The highest BCUT2D eigenvalue weighted by molar-refractivity contribution is 6.27. The third-order valence-electron chi connectivity index (χ3n) is 5.54. The topological polar surface area (TPSA) is 59.0 Å². The van der Waals surface area contributed by atoms with Gasteiger partial charge in [0.15, 0.2) is 5.78 Å². The minimum Gasteiger partial charge on any atom is -0.435 e. The predicted octanol–water partition coefficient (Wildman–Crippen LogP) is 4.94. The molecule has 1 amide bonds. The zero-order valence-corrected chi connectivity index (χ0v) is 17.1. The maximum absolute atomic E-state index is 14.4. The standard InChI is InChI=1S/C23H20F4N2O3/c1-13-20(21(31)29(28-13)17-7-9-18(10-8-17)32-22(24)25)19(30)12-14-3-2-4-16(11-14)23(26,27)15-5-6-15/h2-4,7-11,15,20,22H,5-6,12H2,1H3. The lowest BCUT2D eigenvalue weighted by Gasteiger charge is -2.17. The SMILES string of the molecule is CC1=NN(c2ccc(OC(F)F)cc2)C(=O)C1C(=O)Cc1cccc(C(F)(F)C2CC2)c1. The number of Topliss-reactive ketones (excluding diaryl/α,β-unsaturated/α-hetero) is 1. The van der Waals surface area contributed by atoms with Gasteiger partial charge in [0, 0.05) is 17.9 Å². The van der Waals surface area contributed by atoms with E-state index in [-0.39, 0.29) is 29.1 Å². The molecule has 4 rings (SSSR count). The van der Waals surface area contributed by atoms with Crippen LogP contribution in [0.1, 0.15) is 30.9 Å². The van der Waals surface area contributed by atoms with Crippen LogP contribution >= 0.6 is 0 Å². The Morgan fingerprint density at radius 3 is 2.50 bits per heavy atom. The lowest BCUT2D eigenvalue weighted by atomic mass is 9.92. The second kappa shape index (κ2) is 8.37. The van der Waals surface area contributed by atoms with E-state index in [1.165, 1.54) is 49.4 Å². The number of amides is 1. The Morgan fingerprint density at radius 1 is 1.19 bits per heavy atom. The number of alkyl halides is 4. The number of carbonyl (C=O) groups excluding carboxylic acids is 2. The Labute approximate surface area is 181 Å². The summed E-state index contributed by atoms with van der Waals surface area (Å²) in [5.74, 6) is -5.86. The first-order chi connectivity index (χ1) is 15.2. The van der Waals surface area contributed by atoms with Gasteiger partial charge < -0.3 is 4.74 Å². The van der Waals surface area contributed by atoms with Crippen LogP contribution in [0.3, 0.4) is 0 Å². The van der Waals surface area contributed by atoms with Crippen LogP contribution < -0.4 is 9.75 Å². The number of ketones is 1. The number of hydrogen-bond acceptors (Lipinski definition) is 4. The van der Waals surface area contributed by atoms with Gasteiger partial charge in [0.1, 0.15) is 11.7 Å². The molecule has 9 heteroatoms. The molecule has 0 saturated heterocycles. The number of ether oxygens (including phenoxy) is 1. The van der Waals surface area contributed by atoms with E-state index in [2.05, 4.69) is 9.84 Å². The first kappa shape index (κ1) is 22.0. The Bertz CT molecular complexity index is 1070. The summed E-state index contributed by atoms with van der Waals surface area (Å²) < 4.78 is 57.7. The molecule has 0 spiro atoms. The van der Waals surface area contributed by atoms with Crippen molar-refractivity contribution in [3.05, 3.63) is 59.7 Å². The highest BCUT2D eigenvalue weighted by Gasteiger charge is 2.48. The first-order valence-electron chi connectivity index (χ1n) is 10.1. The number of halogens is 4. The lowest BCUT2D eigenvalue weighted by Crippen LogP contribution is -2.33. The molecule has 1 saturated carbocycles. The number of carbonyl (C=O) groups is 2. The van der Waals surface area contributed by atoms with E-state index in [9.17, 15) is 27.2 Å². The number of hydrazone groups is 1. The summed E-state index contributed by atoms with van der Waals surface area (Å²) in [6.07, 6.45) is 0.772. The van der Waals surface area contributed by atoms with E-state index < -0.39 is 36.1 Å². The Hall–Kier alpha value is -3.23. The normalized spacial score (nSPS) is 18.8. The minimum absolute atomic E-state index is 0.0772. The summed E-state index contributed by atoms with van der Waals surface area (Å²) in [4.78, 5) is 25.7. The zero-order chi connectivity index (χ0) is 23.0. The van der Waals surface area contributed by atoms with Crippen LogP contribution in [0.4, 0.5) is 23.2 Å². The molecule has 32 heavy (non-hydrogen) atoms. The number of benzene rings is 2. The fourth-order valence-corrected chi connectivity index (χ4v) is 3.76. The molecule has 0 aromatic heterocycles. The van der Waals surface area contributed by atoms with Crippen LogP contribution in [0.15, 0.2) is 53.6 Å². The summed E-state index contributed by atoms with van der Waals surface area (Å²) >= 11 is 0. The average molecular weight is 448 g/mol. The molecule has 1 atom stereocenters. The molecule has 2 aliphatic rings. The number of hydrogen-bond donors (Lipinski definition) is 0.